The van der Waals surface area contributed by atoms with Gasteiger partial charge in [0, 0.05) is 5.69 Å². The van der Waals surface area contributed by atoms with Crippen LogP contribution in [0.4, 0.5) is 11.4 Å². The van der Waals surface area contributed by atoms with Gasteiger partial charge in [0.05, 0.1) is 5.69 Å². The second kappa shape index (κ2) is 3.88. The maximum absolute atomic E-state index is 11.8. The van der Waals surface area contributed by atoms with Crippen LogP contribution in [0, 0.1) is 0 Å². The molecule has 3 N–H and O–H groups in total. The smallest absolute Gasteiger partial charge is 0.262 e. The number of nitrogen functional groups attached to an aromatic ring is 1. The van der Waals surface area contributed by atoms with Crippen LogP contribution in [-0.4, -0.2) is 24.4 Å². The zero-order valence-electron chi connectivity index (χ0n) is 11.2. The molecule has 1 fully saturated rings. The van der Waals surface area contributed by atoms with Crippen molar-refractivity contribution in [2.75, 3.05) is 17.2 Å². The highest BCUT2D eigenvalue weighted by atomic mass is 16.5. The largest absolute Gasteiger partial charge is 0.483 e. The molecule has 2 aliphatic heterocycles. The molecule has 1 aromatic carbocycles. The zero-order chi connectivity index (χ0) is 13.9. The summed E-state index contributed by atoms with van der Waals surface area (Å²) in [6.07, 6.45) is 2.39. The number of amides is 1. The molecule has 1 unspecified atom stereocenters. The molecule has 0 aromatic heterocycles. The molecule has 6 nitrogen and oxygen atoms in total. The van der Waals surface area contributed by atoms with Crippen molar-refractivity contribution in [3.63, 3.8) is 0 Å². The topological polar surface area (TPSA) is 79.9 Å². The third-order valence-corrected chi connectivity index (χ3v) is 4.14. The van der Waals surface area contributed by atoms with Gasteiger partial charge in [0.15, 0.2) is 5.84 Å². The van der Waals surface area contributed by atoms with Crippen molar-refractivity contribution in [2.45, 2.75) is 31.7 Å². The van der Waals surface area contributed by atoms with Crippen molar-refractivity contribution in [1.29, 1.82) is 0 Å². The third kappa shape index (κ3) is 1.57. The summed E-state index contributed by atoms with van der Waals surface area (Å²) in [5.41, 5.74) is 11.4. The van der Waals surface area contributed by atoms with Crippen LogP contribution in [0.3, 0.4) is 0 Å². The van der Waals surface area contributed by atoms with Crippen molar-refractivity contribution in [3.8, 4) is 5.75 Å². The maximum atomic E-state index is 11.8. The highest BCUT2D eigenvalue weighted by Gasteiger charge is 2.36. The van der Waals surface area contributed by atoms with Crippen LogP contribution in [0.1, 0.15) is 31.2 Å². The van der Waals surface area contributed by atoms with Crippen LogP contribution < -0.4 is 20.8 Å². The first kappa shape index (κ1) is 11.6. The predicted octanol–water partition coefficient (Wildman–Crippen LogP) is 1.18. The molecule has 3 aliphatic rings. The van der Waals surface area contributed by atoms with Gasteiger partial charge in [-0.25, -0.2) is 5.43 Å². The molecule has 1 aliphatic carbocycles. The third-order valence-electron chi connectivity index (χ3n) is 4.14. The van der Waals surface area contributed by atoms with Crippen molar-refractivity contribution >= 4 is 23.1 Å². The van der Waals surface area contributed by atoms with Gasteiger partial charge in [-0.1, -0.05) is 0 Å². The monoisotopic (exact) mass is 272 g/mol. The fourth-order valence-electron chi connectivity index (χ4n) is 2.85. The number of carbonyl (C=O) groups is 1. The van der Waals surface area contributed by atoms with Crippen molar-refractivity contribution in [2.24, 2.45) is 5.10 Å². The van der Waals surface area contributed by atoms with Crippen LogP contribution >= 0.6 is 0 Å². The number of anilines is 2. The molecule has 1 atom stereocenters. The number of nitrogens with one attached hydrogen (secondary N) is 1. The van der Waals surface area contributed by atoms with Gasteiger partial charge in [0.25, 0.3) is 5.91 Å². The molecule has 0 saturated heterocycles. The number of benzene rings is 1. The number of rotatable bonds is 1. The number of hydrogen-bond acceptors (Lipinski definition) is 5. The average molecular weight is 272 g/mol. The van der Waals surface area contributed by atoms with E-state index in [1.54, 1.807) is 0 Å². The molecule has 1 aromatic rings. The fourth-order valence-corrected chi connectivity index (χ4v) is 2.85. The molecular weight excluding hydrogens is 256 g/mol. The number of carbonyl (C=O) groups excluding carboxylic acids is 1. The van der Waals surface area contributed by atoms with Gasteiger partial charge in [-0.2, -0.15) is 5.10 Å². The number of ether oxygens (including phenoxy) is 1. The Morgan fingerprint density at radius 3 is 3.00 bits per heavy atom. The number of fused-ring (bicyclic) bond motifs is 3. The Labute approximate surface area is 116 Å². The highest BCUT2D eigenvalue weighted by molar-refractivity contribution is 6.09. The van der Waals surface area contributed by atoms with E-state index in [2.05, 4.69) is 10.5 Å². The van der Waals surface area contributed by atoms with Crippen LogP contribution in [-0.2, 0) is 4.79 Å². The van der Waals surface area contributed by atoms with Crippen LogP contribution in [0.2, 0.25) is 0 Å². The van der Waals surface area contributed by atoms with E-state index in [1.807, 2.05) is 24.0 Å². The molecule has 0 bridgehead atoms. The van der Waals surface area contributed by atoms with Crippen LogP contribution in [0.25, 0.3) is 0 Å². The summed E-state index contributed by atoms with van der Waals surface area (Å²) < 4.78 is 5.77. The average Bonchev–Trinajstić information content (AvgIpc) is 3.26. The maximum Gasteiger partial charge on any atom is 0.262 e. The molecule has 1 amide bonds. The SMILES string of the molecule is CC1C(=O)NN=C2COc3cc(C4CC4)c(N)cc3N21. The van der Waals surface area contributed by atoms with Gasteiger partial charge < -0.3 is 15.4 Å². The normalized spacial score (nSPS) is 24.2. The van der Waals surface area contributed by atoms with E-state index >= 15 is 0 Å². The summed E-state index contributed by atoms with van der Waals surface area (Å²) >= 11 is 0. The second-order valence-electron chi connectivity index (χ2n) is 5.56. The number of nitrogens with two attached hydrogens (primary N) is 1. The Morgan fingerprint density at radius 1 is 1.45 bits per heavy atom. The molecule has 104 valence electrons. The van der Waals surface area contributed by atoms with E-state index < -0.39 is 0 Å². The van der Waals surface area contributed by atoms with Gasteiger partial charge in [-0.05, 0) is 43.4 Å². The van der Waals surface area contributed by atoms with Gasteiger partial charge in [0.2, 0.25) is 0 Å². The molecule has 1 saturated carbocycles. The standard InChI is InChI=1S/C14H16N4O2/c1-7-14(19)17-16-13-6-20-12-4-9(8-2-3-8)10(15)5-11(12)18(7)13/h4-5,7-8H,2-3,6,15H2,1H3,(H,17,19). The molecule has 0 spiro atoms. The van der Waals surface area contributed by atoms with Gasteiger partial charge in [-0.15, -0.1) is 0 Å². The lowest BCUT2D eigenvalue weighted by atomic mass is 10.0. The molecule has 6 heteroatoms. The highest BCUT2D eigenvalue weighted by Crippen LogP contribution is 2.47. The molecule has 2 heterocycles. The molecular formula is C14H16N4O2. The summed E-state index contributed by atoms with van der Waals surface area (Å²) in [5.74, 6) is 1.96. The lowest BCUT2D eigenvalue weighted by Crippen LogP contribution is -2.55. The van der Waals surface area contributed by atoms with E-state index in [1.165, 1.54) is 18.4 Å². The van der Waals surface area contributed by atoms with E-state index in [0.717, 1.165) is 17.1 Å². The predicted molar refractivity (Wildman–Crippen MR) is 75.8 cm³/mol. The summed E-state index contributed by atoms with van der Waals surface area (Å²) in [5, 5.41) is 4.06. The van der Waals surface area contributed by atoms with Crippen molar-refractivity contribution < 1.29 is 9.53 Å². The van der Waals surface area contributed by atoms with Crippen LogP contribution in [0.15, 0.2) is 17.2 Å². The Balaban J connectivity index is 1.83. The zero-order valence-corrected chi connectivity index (χ0v) is 11.2. The minimum atomic E-state index is -0.309. The number of amidine groups is 1. The second-order valence-corrected chi connectivity index (χ2v) is 5.56. The lowest BCUT2D eigenvalue weighted by molar-refractivity contribution is -0.122. The summed E-state index contributed by atoms with van der Waals surface area (Å²) in [6, 6.07) is 3.63. The quantitative estimate of drug-likeness (QED) is 0.752. The van der Waals surface area contributed by atoms with Gasteiger partial charge >= 0.3 is 0 Å². The van der Waals surface area contributed by atoms with Gasteiger partial charge in [-0.3, -0.25) is 4.79 Å². The minimum absolute atomic E-state index is 0.119. The van der Waals surface area contributed by atoms with Crippen LogP contribution in [0.5, 0.6) is 5.75 Å². The number of hydrogen-bond donors (Lipinski definition) is 2. The molecule has 20 heavy (non-hydrogen) atoms. The van der Waals surface area contributed by atoms with E-state index in [0.29, 0.717) is 18.4 Å². The molecule has 4 rings (SSSR count). The summed E-state index contributed by atoms with van der Waals surface area (Å²) in [7, 11) is 0. The number of hydrazone groups is 1. The summed E-state index contributed by atoms with van der Waals surface area (Å²) in [4.78, 5) is 13.7. The van der Waals surface area contributed by atoms with Crippen molar-refractivity contribution in [1.82, 2.24) is 5.43 Å². The first-order chi connectivity index (χ1) is 9.65. The summed E-state index contributed by atoms with van der Waals surface area (Å²) in [6.45, 7) is 2.22. The van der Waals surface area contributed by atoms with Gasteiger partial charge in [0.1, 0.15) is 18.4 Å². The Kier molecular flexibility index (Phi) is 2.24. The number of nitrogens with zero attached hydrogens (tertiary/aromatic N) is 2. The van der Waals surface area contributed by atoms with E-state index in [-0.39, 0.29) is 11.9 Å². The lowest BCUT2D eigenvalue weighted by Gasteiger charge is -2.38. The van der Waals surface area contributed by atoms with E-state index in [9.17, 15) is 4.79 Å². The Morgan fingerprint density at radius 2 is 2.25 bits per heavy atom. The Bertz CT molecular complexity index is 636. The Hall–Kier alpha value is -2.24. The first-order valence-corrected chi connectivity index (χ1v) is 6.87. The van der Waals surface area contributed by atoms with E-state index in [4.69, 9.17) is 10.5 Å². The molecule has 0 radical (unpaired) electrons. The van der Waals surface area contributed by atoms with Crippen molar-refractivity contribution in [3.05, 3.63) is 17.7 Å². The minimum Gasteiger partial charge on any atom is -0.483 e. The fraction of sp³-hybridized carbons (Fsp3) is 0.429. The first-order valence-electron chi connectivity index (χ1n) is 6.87.